The van der Waals surface area contributed by atoms with E-state index >= 15 is 0 Å². The first-order valence-electron chi connectivity index (χ1n) is 7.50. The molecule has 0 aliphatic rings. The van der Waals surface area contributed by atoms with E-state index in [0.29, 0.717) is 17.1 Å². The lowest BCUT2D eigenvalue weighted by atomic mass is 10.1. The quantitative estimate of drug-likeness (QED) is 0.585. The Kier molecular flexibility index (Phi) is 3.50. The third kappa shape index (κ3) is 2.63. The van der Waals surface area contributed by atoms with Crippen LogP contribution >= 0.6 is 11.6 Å². The number of pyridine rings is 1. The minimum Gasteiger partial charge on any atom is -0.381 e. The van der Waals surface area contributed by atoms with Crippen molar-refractivity contribution in [2.24, 2.45) is 0 Å². The van der Waals surface area contributed by atoms with Crippen molar-refractivity contribution in [3.05, 3.63) is 69.1 Å². The van der Waals surface area contributed by atoms with Crippen LogP contribution in [0, 0.1) is 6.92 Å². The van der Waals surface area contributed by atoms with Gasteiger partial charge >= 0.3 is 0 Å². The number of fused-ring (bicyclic) bond motifs is 2. The van der Waals surface area contributed by atoms with Gasteiger partial charge in [-0.05, 0) is 48.9 Å². The van der Waals surface area contributed by atoms with Gasteiger partial charge in [0.2, 0.25) is 0 Å². The van der Waals surface area contributed by atoms with Gasteiger partial charge in [0, 0.05) is 39.1 Å². The molecule has 6 heteroatoms. The molecule has 2 aromatic carbocycles. The highest BCUT2D eigenvalue weighted by Crippen LogP contribution is 2.23. The Hall–Kier alpha value is -2.79. The summed E-state index contributed by atoms with van der Waals surface area (Å²) in [6, 6.07) is 11.2. The highest BCUT2D eigenvalue weighted by molar-refractivity contribution is 6.31. The highest BCUT2D eigenvalue weighted by Gasteiger charge is 2.07. The van der Waals surface area contributed by atoms with Crippen molar-refractivity contribution >= 4 is 39.2 Å². The van der Waals surface area contributed by atoms with Gasteiger partial charge in [-0.25, -0.2) is 0 Å². The second-order valence-corrected chi connectivity index (χ2v) is 6.18. The van der Waals surface area contributed by atoms with Crippen LogP contribution in [0.4, 0.5) is 5.69 Å². The van der Waals surface area contributed by atoms with Crippen LogP contribution in [0.1, 0.15) is 11.1 Å². The standard InChI is InChI=1S/C18H14ClN3O2/c1-10-4-15(7-12-9-21-24-17(10)12)20-8-13-5-11-6-14(19)2-3-16(11)22-18(13)23/h2-7,9,20H,8H2,1H3,(H,22,23). The van der Waals surface area contributed by atoms with E-state index < -0.39 is 0 Å². The van der Waals surface area contributed by atoms with E-state index in [1.807, 2.05) is 31.2 Å². The second-order valence-electron chi connectivity index (χ2n) is 5.75. The zero-order chi connectivity index (χ0) is 16.7. The Bertz CT molecular complexity index is 1110. The first kappa shape index (κ1) is 14.8. The molecule has 24 heavy (non-hydrogen) atoms. The summed E-state index contributed by atoms with van der Waals surface area (Å²) < 4.78 is 5.20. The second kappa shape index (κ2) is 5.69. The molecule has 0 aliphatic heterocycles. The lowest BCUT2D eigenvalue weighted by Gasteiger charge is -2.08. The third-order valence-electron chi connectivity index (χ3n) is 4.01. The maximum atomic E-state index is 12.2. The largest absolute Gasteiger partial charge is 0.381 e. The number of anilines is 1. The van der Waals surface area contributed by atoms with Crippen LogP contribution in [-0.2, 0) is 6.54 Å². The zero-order valence-corrected chi connectivity index (χ0v) is 13.6. The first-order valence-corrected chi connectivity index (χ1v) is 7.88. The Morgan fingerprint density at radius 1 is 1.21 bits per heavy atom. The molecule has 120 valence electrons. The highest BCUT2D eigenvalue weighted by atomic mass is 35.5. The SMILES string of the molecule is Cc1cc(NCc2cc3cc(Cl)ccc3[nH]c2=O)cc2cnoc12. The fourth-order valence-corrected chi connectivity index (χ4v) is 2.99. The van der Waals surface area contributed by atoms with Gasteiger partial charge < -0.3 is 14.8 Å². The van der Waals surface area contributed by atoms with Crippen LogP contribution in [0.5, 0.6) is 0 Å². The van der Waals surface area contributed by atoms with Gasteiger partial charge in [0.1, 0.15) is 0 Å². The van der Waals surface area contributed by atoms with E-state index in [0.717, 1.165) is 33.1 Å². The Labute approximate surface area is 142 Å². The van der Waals surface area contributed by atoms with E-state index in [-0.39, 0.29) is 5.56 Å². The van der Waals surface area contributed by atoms with Gasteiger partial charge in [-0.15, -0.1) is 0 Å². The topological polar surface area (TPSA) is 70.9 Å². The van der Waals surface area contributed by atoms with Crippen LogP contribution in [0.3, 0.4) is 0 Å². The number of H-pyrrole nitrogens is 1. The van der Waals surface area contributed by atoms with Crippen LogP contribution in [-0.4, -0.2) is 10.1 Å². The van der Waals surface area contributed by atoms with Gasteiger partial charge in [-0.3, -0.25) is 4.79 Å². The normalized spacial score (nSPS) is 11.2. The molecule has 0 fully saturated rings. The number of hydrogen-bond acceptors (Lipinski definition) is 4. The molecule has 5 nitrogen and oxygen atoms in total. The summed E-state index contributed by atoms with van der Waals surface area (Å²) in [4.78, 5) is 15.1. The summed E-state index contributed by atoms with van der Waals surface area (Å²) >= 11 is 6.02. The molecule has 0 radical (unpaired) electrons. The van der Waals surface area contributed by atoms with E-state index in [1.54, 1.807) is 18.3 Å². The Balaban J connectivity index is 1.65. The summed E-state index contributed by atoms with van der Waals surface area (Å²) in [5, 5.41) is 9.56. The molecule has 2 heterocycles. The van der Waals surface area contributed by atoms with Crippen molar-refractivity contribution in [2.45, 2.75) is 13.5 Å². The van der Waals surface area contributed by atoms with Gasteiger partial charge in [0.05, 0.1) is 6.20 Å². The zero-order valence-electron chi connectivity index (χ0n) is 12.9. The number of benzene rings is 2. The predicted molar refractivity (Wildman–Crippen MR) is 95.7 cm³/mol. The number of aryl methyl sites for hydroxylation is 1. The van der Waals surface area contributed by atoms with Crippen molar-refractivity contribution in [2.75, 3.05) is 5.32 Å². The number of hydrogen-bond donors (Lipinski definition) is 2. The molecular weight excluding hydrogens is 326 g/mol. The summed E-state index contributed by atoms with van der Waals surface area (Å²) in [5.74, 6) is 0. The molecule has 0 saturated heterocycles. The summed E-state index contributed by atoms with van der Waals surface area (Å²) in [6.45, 7) is 2.37. The van der Waals surface area contributed by atoms with E-state index in [9.17, 15) is 4.79 Å². The minimum atomic E-state index is -0.111. The number of nitrogens with zero attached hydrogens (tertiary/aromatic N) is 1. The van der Waals surface area contributed by atoms with Crippen molar-refractivity contribution in [3.63, 3.8) is 0 Å². The van der Waals surface area contributed by atoms with Gasteiger partial charge in [-0.2, -0.15) is 0 Å². The van der Waals surface area contributed by atoms with Crippen molar-refractivity contribution in [1.29, 1.82) is 0 Å². The number of rotatable bonds is 3. The maximum absolute atomic E-state index is 12.2. The van der Waals surface area contributed by atoms with Crippen molar-refractivity contribution < 1.29 is 4.52 Å². The lowest BCUT2D eigenvalue weighted by molar-refractivity contribution is 0.455. The summed E-state index contributed by atoms with van der Waals surface area (Å²) in [6.07, 6.45) is 1.68. The van der Waals surface area contributed by atoms with E-state index in [1.165, 1.54) is 0 Å². The number of aromatic nitrogens is 2. The van der Waals surface area contributed by atoms with Gasteiger partial charge in [0.25, 0.3) is 5.56 Å². The van der Waals surface area contributed by atoms with Crippen LogP contribution < -0.4 is 10.9 Å². The predicted octanol–water partition coefficient (Wildman–Crippen LogP) is 4.24. The maximum Gasteiger partial charge on any atom is 0.253 e. The van der Waals surface area contributed by atoms with Crippen molar-refractivity contribution in [3.8, 4) is 0 Å². The molecule has 0 saturated carbocycles. The number of halogens is 1. The smallest absolute Gasteiger partial charge is 0.253 e. The fraction of sp³-hybridized carbons (Fsp3) is 0.111. The minimum absolute atomic E-state index is 0.111. The monoisotopic (exact) mass is 339 g/mol. The van der Waals surface area contributed by atoms with E-state index in [2.05, 4.69) is 15.5 Å². The lowest BCUT2D eigenvalue weighted by Crippen LogP contribution is -2.15. The van der Waals surface area contributed by atoms with Crippen LogP contribution in [0.2, 0.25) is 5.02 Å². The van der Waals surface area contributed by atoms with E-state index in [4.69, 9.17) is 16.1 Å². The van der Waals surface area contributed by atoms with Gasteiger partial charge in [0.15, 0.2) is 5.58 Å². The summed E-state index contributed by atoms with van der Waals surface area (Å²) in [7, 11) is 0. The molecule has 0 bridgehead atoms. The fourth-order valence-electron chi connectivity index (χ4n) is 2.81. The average molecular weight is 340 g/mol. The molecule has 0 unspecified atom stereocenters. The summed E-state index contributed by atoms with van der Waals surface area (Å²) in [5.41, 5.74) is 3.99. The molecule has 0 atom stereocenters. The Morgan fingerprint density at radius 2 is 2.08 bits per heavy atom. The number of aromatic amines is 1. The molecule has 0 aliphatic carbocycles. The molecule has 2 N–H and O–H groups in total. The third-order valence-corrected chi connectivity index (χ3v) is 4.24. The molecule has 2 aromatic heterocycles. The molecule has 0 amide bonds. The molecule has 4 aromatic rings. The Morgan fingerprint density at radius 3 is 2.96 bits per heavy atom. The average Bonchev–Trinajstić information content (AvgIpc) is 3.02. The molecular formula is C18H14ClN3O2. The molecule has 0 spiro atoms. The number of nitrogens with one attached hydrogen (secondary N) is 2. The van der Waals surface area contributed by atoms with Crippen molar-refractivity contribution in [1.82, 2.24) is 10.1 Å². The van der Waals surface area contributed by atoms with Crippen LogP contribution in [0.15, 0.2) is 51.9 Å². The molecule has 4 rings (SSSR count). The van der Waals surface area contributed by atoms with Gasteiger partial charge in [-0.1, -0.05) is 16.8 Å². The van der Waals surface area contributed by atoms with Crippen LogP contribution in [0.25, 0.3) is 21.9 Å². The first-order chi connectivity index (χ1) is 11.6.